The van der Waals surface area contributed by atoms with E-state index in [-0.39, 0.29) is 11.9 Å². The van der Waals surface area contributed by atoms with Crippen LogP contribution in [0.4, 0.5) is 0 Å². The average molecular weight is 201 g/mol. The second kappa shape index (κ2) is 5.98. The summed E-state index contributed by atoms with van der Waals surface area (Å²) in [4.78, 5) is 13.5. The molecule has 1 heterocycles. The number of ether oxygens (including phenoxy) is 2. The van der Waals surface area contributed by atoms with Gasteiger partial charge in [-0.2, -0.15) is 0 Å². The summed E-state index contributed by atoms with van der Waals surface area (Å²) in [6, 6.07) is 0. The van der Waals surface area contributed by atoms with Crippen molar-refractivity contribution in [2.24, 2.45) is 5.92 Å². The smallest absolute Gasteiger partial charge is 0.310 e. The van der Waals surface area contributed by atoms with Crippen LogP contribution in [0, 0.1) is 5.92 Å². The van der Waals surface area contributed by atoms with Gasteiger partial charge in [0.15, 0.2) is 0 Å². The first kappa shape index (κ1) is 11.5. The topological polar surface area (TPSA) is 38.8 Å². The van der Waals surface area contributed by atoms with Gasteiger partial charge in [0.2, 0.25) is 0 Å². The van der Waals surface area contributed by atoms with Crippen LogP contribution >= 0.6 is 0 Å². The molecule has 0 aromatic carbocycles. The van der Waals surface area contributed by atoms with Gasteiger partial charge in [0.05, 0.1) is 19.6 Å². The second-order valence-electron chi connectivity index (χ2n) is 3.51. The van der Waals surface area contributed by atoms with E-state index in [1.165, 1.54) is 7.11 Å². The lowest BCUT2D eigenvalue weighted by Gasteiger charge is -2.14. The predicted molar refractivity (Wildman–Crippen MR) is 53.1 cm³/mol. The van der Waals surface area contributed by atoms with E-state index in [1.807, 2.05) is 6.92 Å². The van der Waals surface area contributed by atoms with Gasteiger partial charge in [0, 0.05) is 19.7 Å². The van der Waals surface area contributed by atoms with Gasteiger partial charge in [-0.1, -0.05) is 0 Å². The first-order valence-corrected chi connectivity index (χ1v) is 5.15. The summed E-state index contributed by atoms with van der Waals surface area (Å²) in [7, 11) is 1.45. The maximum absolute atomic E-state index is 11.2. The number of carbonyl (C=O) groups excluding carboxylic acids is 1. The Morgan fingerprint density at radius 1 is 1.57 bits per heavy atom. The Morgan fingerprint density at radius 2 is 2.36 bits per heavy atom. The third-order valence-corrected chi connectivity index (χ3v) is 2.56. The highest BCUT2D eigenvalue weighted by atomic mass is 16.5. The number of methoxy groups -OCH3 is 1. The molecule has 1 rings (SSSR count). The molecule has 14 heavy (non-hydrogen) atoms. The molecule has 4 heteroatoms. The van der Waals surface area contributed by atoms with Gasteiger partial charge in [-0.3, -0.25) is 4.79 Å². The zero-order valence-corrected chi connectivity index (χ0v) is 8.99. The second-order valence-corrected chi connectivity index (χ2v) is 3.51. The molecule has 1 aliphatic rings. The number of rotatable bonds is 5. The number of carbonyl (C=O) groups is 1. The summed E-state index contributed by atoms with van der Waals surface area (Å²) < 4.78 is 9.97. The van der Waals surface area contributed by atoms with Crippen molar-refractivity contribution >= 4 is 5.97 Å². The van der Waals surface area contributed by atoms with Gasteiger partial charge in [0.1, 0.15) is 0 Å². The largest absolute Gasteiger partial charge is 0.469 e. The van der Waals surface area contributed by atoms with Crippen LogP contribution in [-0.2, 0) is 14.3 Å². The van der Waals surface area contributed by atoms with Crippen molar-refractivity contribution in [3.63, 3.8) is 0 Å². The number of esters is 1. The molecule has 1 atom stereocenters. The maximum atomic E-state index is 11.2. The number of hydrogen-bond acceptors (Lipinski definition) is 4. The highest BCUT2D eigenvalue weighted by Crippen LogP contribution is 2.16. The molecule has 0 N–H and O–H groups in total. The van der Waals surface area contributed by atoms with E-state index in [2.05, 4.69) is 4.90 Å². The van der Waals surface area contributed by atoms with Gasteiger partial charge in [0.25, 0.3) is 0 Å². The van der Waals surface area contributed by atoms with Crippen molar-refractivity contribution in [1.29, 1.82) is 0 Å². The lowest BCUT2D eigenvalue weighted by atomic mass is 10.1. The van der Waals surface area contributed by atoms with E-state index in [0.717, 1.165) is 39.3 Å². The van der Waals surface area contributed by atoms with Crippen LogP contribution in [0.15, 0.2) is 0 Å². The first-order valence-electron chi connectivity index (χ1n) is 5.15. The fraction of sp³-hybridized carbons (Fsp3) is 0.900. The Labute approximate surface area is 85.2 Å². The summed E-state index contributed by atoms with van der Waals surface area (Å²) in [5.41, 5.74) is 0. The van der Waals surface area contributed by atoms with Crippen LogP contribution in [-0.4, -0.2) is 50.8 Å². The molecular formula is C10H19NO3. The zero-order valence-electron chi connectivity index (χ0n) is 8.99. The molecule has 82 valence electrons. The van der Waals surface area contributed by atoms with Crippen LogP contribution in [0.5, 0.6) is 0 Å². The van der Waals surface area contributed by atoms with E-state index < -0.39 is 0 Å². The van der Waals surface area contributed by atoms with E-state index in [4.69, 9.17) is 9.47 Å². The standard InChI is InChI=1S/C10H19NO3/c1-3-14-7-6-11-5-4-9(8-11)10(12)13-2/h9H,3-8H2,1-2H3. The Balaban J connectivity index is 2.17. The Bertz CT molecular complexity index is 184. The minimum absolute atomic E-state index is 0.0710. The molecule has 0 amide bonds. The van der Waals surface area contributed by atoms with Gasteiger partial charge >= 0.3 is 5.97 Å². The lowest BCUT2D eigenvalue weighted by Crippen LogP contribution is -2.27. The summed E-state index contributed by atoms with van der Waals surface area (Å²) >= 11 is 0. The Hall–Kier alpha value is -0.610. The molecule has 0 aliphatic carbocycles. The van der Waals surface area contributed by atoms with Crippen LogP contribution in [0.3, 0.4) is 0 Å². The highest BCUT2D eigenvalue weighted by Gasteiger charge is 2.28. The van der Waals surface area contributed by atoms with E-state index in [1.54, 1.807) is 0 Å². The van der Waals surface area contributed by atoms with Crippen molar-refractivity contribution < 1.29 is 14.3 Å². The van der Waals surface area contributed by atoms with Crippen LogP contribution in [0.1, 0.15) is 13.3 Å². The summed E-state index contributed by atoms with van der Waals surface area (Å²) in [6.45, 7) is 6.22. The van der Waals surface area contributed by atoms with Gasteiger partial charge in [-0.25, -0.2) is 0 Å². The van der Waals surface area contributed by atoms with Crippen LogP contribution in [0.2, 0.25) is 0 Å². The van der Waals surface area contributed by atoms with Crippen molar-refractivity contribution in [2.45, 2.75) is 13.3 Å². The molecule has 0 spiro atoms. The third kappa shape index (κ3) is 3.27. The molecule has 4 nitrogen and oxygen atoms in total. The van der Waals surface area contributed by atoms with Crippen LogP contribution < -0.4 is 0 Å². The molecule has 0 aromatic heterocycles. The normalized spacial score (nSPS) is 22.6. The van der Waals surface area contributed by atoms with E-state index >= 15 is 0 Å². The van der Waals surface area contributed by atoms with E-state index in [9.17, 15) is 4.79 Å². The quantitative estimate of drug-likeness (QED) is 0.480. The third-order valence-electron chi connectivity index (χ3n) is 2.56. The average Bonchev–Trinajstić information content (AvgIpc) is 2.66. The zero-order chi connectivity index (χ0) is 10.4. The molecule has 1 fully saturated rings. The fourth-order valence-electron chi connectivity index (χ4n) is 1.73. The highest BCUT2D eigenvalue weighted by molar-refractivity contribution is 5.72. The van der Waals surface area contributed by atoms with Gasteiger partial charge in [-0.05, 0) is 19.9 Å². The number of likely N-dealkylation sites (tertiary alicyclic amines) is 1. The molecule has 1 unspecified atom stereocenters. The summed E-state index contributed by atoms with van der Waals surface area (Å²) in [5, 5.41) is 0. The van der Waals surface area contributed by atoms with Crippen molar-refractivity contribution in [3.05, 3.63) is 0 Å². The molecule has 0 radical (unpaired) electrons. The lowest BCUT2D eigenvalue weighted by molar-refractivity contribution is -0.144. The Kier molecular flexibility index (Phi) is 4.90. The molecule has 0 saturated carbocycles. The predicted octanol–water partition coefficient (Wildman–Crippen LogP) is 0.518. The monoisotopic (exact) mass is 201 g/mol. The number of hydrogen-bond donors (Lipinski definition) is 0. The minimum Gasteiger partial charge on any atom is -0.469 e. The maximum Gasteiger partial charge on any atom is 0.310 e. The van der Waals surface area contributed by atoms with Gasteiger partial charge < -0.3 is 14.4 Å². The van der Waals surface area contributed by atoms with Crippen molar-refractivity contribution in [3.8, 4) is 0 Å². The molecule has 0 bridgehead atoms. The Morgan fingerprint density at radius 3 is 3.00 bits per heavy atom. The first-order chi connectivity index (χ1) is 6.77. The summed E-state index contributed by atoms with van der Waals surface area (Å²) in [5.74, 6) is -0.00876. The van der Waals surface area contributed by atoms with Crippen LogP contribution in [0.25, 0.3) is 0 Å². The summed E-state index contributed by atoms with van der Waals surface area (Å²) in [6.07, 6.45) is 0.915. The number of nitrogens with zero attached hydrogens (tertiary/aromatic N) is 1. The van der Waals surface area contributed by atoms with Gasteiger partial charge in [-0.15, -0.1) is 0 Å². The molecule has 0 aromatic rings. The molecule has 1 aliphatic heterocycles. The van der Waals surface area contributed by atoms with E-state index in [0.29, 0.717) is 0 Å². The SMILES string of the molecule is CCOCCN1CCC(C(=O)OC)C1. The molecular weight excluding hydrogens is 182 g/mol. The fourth-order valence-corrected chi connectivity index (χ4v) is 1.73. The van der Waals surface area contributed by atoms with Crippen molar-refractivity contribution in [1.82, 2.24) is 4.90 Å². The minimum atomic E-state index is -0.0797. The molecule has 1 saturated heterocycles. The van der Waals surface area contributed by atoms with Crippen molar-refractivity contribution in [2.75, 3.05) is 40.0 Å².